The smallest absolute Gasteiger partial charge is 0.118 e. The van der Waals surface area contributed by atoms with Gasteiger partial charge in [-0.15, -0.1) is 0 Å². The van der Waals surface area contributed by atoms with Crippen LogP contribution < -0.4 is 4.74 Å². The second-order valence-corrected chi connectivity index (χ2v) is 3.92. The number of aliphatic hydroxyl groups is 1. The van der Waals surface area contributed by atoms with Gasteiger partial charge in [0.2, 0.25) is 0 Å². The van der Waals surface area contributed by atoms with E-state index >= 15 is 0 Å². The molecule has 2 unspecified atom stereocenters. The van der Waals surface area contributed by atoms with Gasteiger partial charge in [0, 0.05) is 6.04 Å². The average Bonchev–Trinajstić information content (AvgIpc) is 2.27. The van der Waals surface area contributed by atoms with Crippen molar-refractivity contribution in [3.63, 3.8) is 0 Å². The van der Waals surface area contributed by atoms with E-state index in [2.05, 4.69) is 0 Å². The molecule has 1 aromatic carbocycles. The van der Waals surface area contributed by atoms with Crippen molar-refractivity contribution in [3.05, 3.63) is 29.8 Å². The Morgan fingerprint density at radius 3 is 2.13 bits per heavy atom. The lowest BCUT2D eigenvalue weighted by molar-refractivity contribution is 0.0858. The third-order valence-corrected chi connectivity index (χ3v) is 2.73. The number of benzene rings is 1. The van der Waals surface area contributed by atoms with Crippen molar-refractivity contribution >= 4 is 0 Å². The molecule has 0 bridgehead atoms. The van der Waals surface area contributed by atoms with E-state index in [1.807, 2.05) is 50.2 Å². The molecular formula is C12H19NO2. The lowest BCUT2D eigenvalue weighted by Gasteiger charge is -2.25. The molecule has 1 aromatic rings. The Labute approximate surface area is 91.3 Å². The summed E-state index contributed by atoms with van der Waals surface area (Å²) in [5.41, 5.74) is 0.914. The first kappa shape index (κ1) is 12.0. The molecule has 0 radical (unpaired) electrons. The van der Waals surface area contributed by atoms with Crippen molar-refractivity contribution in [1.82, 2.24) is 4.90 Å². The molecule has 0 fully saturated rings. The summed E-state index contributed by atoms with van der Waals surface area (Å²) >= 11 is 0. The molecule has 15 heavy (non-hydrogen) atoms. The molecule has 0 amide bonds. The number of aliphatic hydroxyl groups excluding tert-OH is 1. The molecule has 84 valence electrons. The molecule has 0 aromatic heterocycles. The normalized spacial score (nSPS) is 15.1. The van der Waals surface area contributed by atoms with Crippen LogP contribution in [0.4, 0.5) is 0 Å². The quantitative estimate of drug-likeness (QED) is 0.819. The SMILES string of the molecule is COc1ccc(C(O)C(C)N(C)C)cc1. The van der Waals surface area contributed by atoms with Gasteiger partial charge in [-0.2, -0.15) is 0 Å². The number of hydrogen-bond donors (Lipinski definition) is 1. The zero-order chi connectivity index (χ0) is 11.4. The Morgan fingerprint density at radius 2 is 1.73 bits per heavy atom. The van der Waals surface area contributed by atoms with Crippen molar-refractivity contribution in [2.75, 3.05) is 21.2 Å². The van der Waals surface area contributed by atoms with Gasteiger partial charge in [-0.1, -0.05) is 12.1 Å². The van der Waals surface area contributed by atoms with E-state index in [0.717, 1.165) is 11.3 Å². The zero-order valence-corrected chi connectivity index (χ0v) is 9.77. The van der Waals surface area contributed by atoms with E-state index in [4.69, 9.17) is 4.74 Å². The minimum absolute atomic E-state index is 0.0957. The van der Waals surface area contributed by atoms with Gasteiger partial charge in [0.05, 0.1) is 13.2 Å². The summed E-state index contributed by atoms with van der Waals surface area (Å²) in [6.45, 7) is 1.99. The predicted octanol–water partition coefficient (Wildman–Crippen LogP) is 1.68. The summed E-state index contributed by atoms with van der Waals surface area (Å²) in [5.74, 6) is 0.809. The highest BCUT2D eigenvalue weighted by molar-refractivity contribution is 5.28. The molecule has 2 atom stereocenters. The fraction of sp³-hybridized carbons (Fsp3) is 0.500. The first-order valence-corrected chi connectivity index (χ1v) is 5.04. The van der Waals surface area contributed by atoms with Crippen LogP contribution in [0.2, 0.25) is 0 Å². The molecule has 0 saturated heterocycles. The second kappa shape index (κ2) is 5.14. The Hall–Kier alpha value is -1.06. The predicted molar refractivity (Wildman–Crippen MR) is 61.1 cm³/mol. The number of methoxy groups -OCH3 is 1. The van der Waals surface area contributed by atoms with E-state index in [1.165, 1.54) is 0 Å². The standard InChI is InChI=1S/C12H19NO2/c1-9(13(2)3)12(14)10-5-7-11(15-4)8-6-10/h5-9,12,14H,1-4H3. The first-order chi connectivity index (χ1) is 7.06. The van der Waals surface area contributed by atoms with Crippen LogP contribution in [-0.4, -0.2) is 37.3 Å². The van der Waals surface area contributed by atoms with Gasteiger partial charge >= 0.3 is 0 Å². The molecule has 3 nitrogen and oxygen atoms in total. The van der Waals surface area contributed by atoms with Gasteiger partial charge in [0.15, 0.2) is 0 Å². The van der Waals surface area contributed by atoms with Crippen molar-refractivity contribution in [1.29, 1.82) is 0 Å². The molecule has 3 heteroatoms. The van der Waals surface area contributed by atoms with Crippen molar-refractivity contribution < 1.29 is 9.84 Å². The second-order valence-electron chi connectivity index (χ2n) is 3.92. The van der Waals surface area contributed by atoms with Gasteiger partial charge in [-0.3, -0.25) is 0 Å². The van der Waals surface area contributed by atoms with Gasteiger partial charge in [-0.25, -0.2) is 0 Å². The Morgan fingerprint density at radius 1 is 1.20 bits per heavy atom. The molecule has 0 aliphatic rings. The highest BCUT2D eigenvalue weighted by Crippen LogP contribution is 2.21. The lowest BCUT2D eigenvalue weighted by Crippen LogP contribution is -2.30. The summed E-state index contributed by atoms with van der Waals surface area (Å²) in [7, 11) is 5.54. The fourth-order valence-corrected chi connectivity index (χ4v) is 1.36. The van der Waals surface area contributed by atoms with E-state index in [0.29, 0.717) is 0 Å². The van der Waals surface area contributed by atoms with E-state index < -0.39 is 6.10 Å². The molecule has 0 aliphatic carbocycles. The Balaban J connectivity index is 2.78. The molecule has 0 spiro atoms. The van der Waals surface area contributed by atoms with E-state index in [9.17, 15) is 5.11 Å². The van der Waals surface area contributed by atoms with Crippen molar-refractivity contribution in [2.24, 2.45) is 0 Å². The summed E-state index contributed by atoms with van der Waals surface area (Å²) in [6.07, 6.45) is -0.467. The molecule has 0 aliphatic heterocycles. The maximum absolute atomic E-state index is 10.0. The van der Waals surface area contributed by atoms with Gasteiger partial charge < -0.3 is 14.7 Å². The molecule has 1 N–H and O–H groups in total. The Kier molecular flexibility index (Phi) is 4.12. The maximum atomic E-state index is 10.0. The van der Waals surface area contributed by atoms with Crippen molar-refractivity contribution in [2.45, 2.75) is 19.1 Å². The van der Waals surface area contributed by atoms with E-state index in [1.54, 1.807) is 7.11 Å². The third kappa shape index (κ3) is 2.94. The van der Waals surface area contributed by atoms with Gasteiger partial charge in [0.25, 0.3) is 0 Å². The molecule has 1 rings (SSSR count). The van der Waals surface area contributed by atoms with Crippen LogP contribution in [0.5, 0.6) is 5.75 Å². The topological polar surface area (TPSA) is 32.7 Å². The average molecular weight is 209 g/mol. The first-order valence-electron chi connectivity index (χ1n) is 5.04. The third-order valence-electron chi connectivity index (χ3n) is 2.73. The number of likely N-dealkylation sites (N-methyl/N-ethyl adjacent to an activating group) is 1. The van der Waals surface area contributed by atoms with Crippen LogP contribution in [-0.2, 0) is 0 Å². The van der Waals surface area contributed by atoms with E-state index in [-0.39, 0.29) is 6.04 Å². The number of rotatable bonds is 4. The highest BCUT2D eigenvalue weighted by atomic mass is 16.5. The minimum atomic E-state index is -0.467. The molecule has 0 heterocycles. The van der Waals surface area contributed by atoms with Crippen LogP contribution >= 0.6 is 0 Å². The lowest BCUT2D eigenvalue weighted by atomic mass is 10.0. The maximum Gasteiger partial charge on any atom is 0.118 e. The molecular weight excluding hydrogens is 190 g/mol. The van der Waals surface area contributed by atoms with Crippen LogP contribution in [0.1, 0.15) is 18.6 Å². The zero-order valence-electron chi connectivity index (χ0n) is 9.77. The fourth-order valence-electron chi connectivity index (χ4n) is 1.36. The summed E-state index contributed by atoms with van der Waals surface area (Å²) in [4.78, 5) is 1.99. The minimum Gasteiger partial charge on any atom is -0.497 e. The van der Waals surface area contributed by atoms with Gasteiger partial charge in [-0.05, 0) is 38.7 Å². The monoisotopic (exact) mass is 209 g/mol. The van der Waals surface area contributed by atoms with Crippen LogP contribution in [0.3, 0.4) is 0 Å². The highest BCUT2D eigenvalue weighted by Gasteiger charge is 2.17. The van der Waals surface area contributed by atoms with Crippen molar-refractivity contribution in [3.8, 4) is 5.75 Å². The van der Waals surface area contributed by atoms with Crippen LogP contribution in [0.15, 0.2) is 24.3 Å². The number of hydrogen-bond acceptors (Lipinski definition) is 3. The largest absolute Gasteiger partial charge is 0.497 e. The Bertz CT molecular complexity index is 295. The summed E-state index contributed by atoms with van der Waals surface area (Å²) in [6, 6.07) is 7.60. The van der Waals surface area contributed by atoms with Gasteiger partial charge in [0.1, 0.15) is 5.75 Å². The molecule has 0 saturated carbocycles. The summed E-state index contributed by atoms with van der Waals surface area (Å²) in [5, 5.41) is 10.0. The summed E-state index contributed by atoms with van der Waals surface area (Å²) < 4.78 is 5.06. The number of ether oxygens (including phenoxy) is 1. The van der Waals surface area contributed by atoms with Crippen LogP contribution in [0, 0.1) is 0 Å². The number of nitrogens with zero attached hydrogens (tertiary/aromatic N) is 1. The van der Waals surface area contributed by atoms with Crippen LogP contribution in [0.25, 0.3) is 0 Å².